The van der Waals surface area contributed by atoms with Crippen molar-refractivity contribution < 1.29 is 9.90 Å². The van der Waals surface area contributed by atoms with Crippen LogP contribution in [0.4, 0.5) is 0 Å². The third-order valence-electron chi connectivity index (χ3n) is 3.96. The number of carbonyl (C=O) groups is 1. The monoisotopic (exact) mass is 260 g/mol. The Labute approximate surface area is 113 Å². The molecule has 4 heteroatoms. The molecule has 2 N–H and O–H groups in total. The second-order valence-electron chi connectivity index (χ2n) is 5.32. The summed E-state index contributed by atoms with van der Waals surface area (Å²) in [4.78, 5) is 14.5. The maximum Gasteiger partial charge on any atom is 0.254 e. The van der Waals surface area contributed by atoms with E-state index in [1.807, 2.05) is 17.0 Å². The molecule has 0 radical (unpaired) electrons. The number of rotatable bonds is 4. The average Bonchev–Trinajstić information content (AvgIpc) is 3.28. The van der Waals surface area contributed by atoms with E-state index in [0.717, 1.165) is 37.9 Å². The molecule has 4 nitrogen and oxygen atoms in total. The van der Waals surface area contributed by atoms with Gasteiger partial charge in [-0.15, -0.1) is 0 Å². The quantitative estimate of drug-likeness (QED) is 0.847. The summed E-state index contributed by atoms with van der Waals surface area (Å²) in [5.41, 5.74) is 3.26. The van der Waals surface area contributed by atoms with E-state index in [1.54, 1.807) is 0 Å². The van der Waals surface area contributed by atoms with Crippen LogP contribution < -0.4 is 5.32 Å². The molecule has 1 fully saturated rings. The first-order chi connectivity index (χ1) is 9.31. The van der Waals surface area contributed by atoms with Crippen molar-refractivity contribution >= 4 is 5.91 Å². The molecular formula is C15H20N2O2. The van der Waals surface area contributed by atoms with E-state index < -0.39 is 0 Å². The van der Waals surface area contributed by atoms with Gasteiger partial charge in [0.05, 0.1) is 6.61 Å². The molecule has 2 aliphatic rings. The first-order valence-corrected chi connectivity index (χ1v) is 7.04. The lowest BCUT2D eigenvalue weighted by molar-refractivity contribution is 0.0706. The number of benzene rings is 1. The summed E-state index contributed by atoms with van der Waals surface area (Å²) in [5, 5.41) is 12.5. The second-order valence-corrected chi connectivity index (χ2v) is 5.32. The van der Waals surface area contributed by atoms with Crippen LogP contribution in [0.15, 0.2) is 18.2 Å². The molecule has 1 aliphatic heterocycles. The van der Waals surface area contributed by atoms with Crippen molar-refractivity contribution in [3.63, 3.8) is 0 Å². The van der Waals surface area contributed by atoms with E-state index in [2.05, 4.69) is 11.4 Å². The Hall–Kier alpha value is -1.39. The normalized spacial score (nSPS) is 17.9. The predicted octanol–water partition coefficient (Wildman–Crippen LogP) is 0.929. The summed E-state index contributed by atoms with van der Waals surface area (Å²) in [6, 6.07) is 6.32. The number of nitrogens with one attached hydrogen (secondary N) is 1. The summed E-state index contributed by atoms with van der Waals surface area (Å²) >= 11 is 0. The zero-order chi connectivity index (χ0) is 13.2. The molecule has 0 saturated heterocycles. The Balaban J connectivity index is 1.90. The number of aliphatic hydroxyl groups is 1. The average molecular weight is 260 g/mol. The first-order valence-electron chi connectivity index (χ1n) is 7.04. The summed E-state index contributed by atoms with van der Waals surface area (Å²) < 4.78 is 0. The van der Waals surface area contributed by atoms with Crippen LogP contribution in [0.2, 0.25) is 0 Å². The highest BCUT2D eigenvalue weighted by molar-refractivity contribution is 5.96. The predicted molar refractivity (Wildman–Crippen MR) is 73.0 cm³/mol. The Kier molecular flexibility index (Phi) is 3.53. The molecule has 0 atom stereocenters. The highest BCUT2D eigenvalue weighted by Crippen LogP contribution is 2.29. The van der Waals surface area contributed by atoms with Gasteiger partial charge in [0.15, 0.2) is 0 Å². The van der Waals surface area contributed by atoms with E-state index >= 15 is 0 Å². The smallest absolute Gasteiger partial charge is 0.254 e. The summed E-state index contributed by atoms with van der Waals surface area (Å²) in [6.45, 7) is 2.27. The lowest BCUT2D eigenvalue weighted by Gasteiger charge is -2.25. The zero-order valence-electron chi connectivity index (χ0n) is 11.1. The molecular weight excluding hydrogens is 240 g/mol. The summed E-state index contributed by atoms with van der Waals surface area (Å²) in [6.07, 6.45) is 3.06. The maximum atomic E-state index is 12.7. The van der Waals surface area contributed by atoms with E-state index in [4.69, 9.17) is 5.11 Å². The molecule has 1 aromatic carbocycles. The van der Waals surface area contributed by atoms with E-state index in [0.29, 0.717) is 12.6 Å². The van der Waals surface area contributed by atoms with Gasteiger partial charge in [0.25, 0.3) is 5.91 Å². The van der Waals surface area contributed by atoms with Gasteiger partial charge >= 0.3 is 0 Å². The van der Waals surface area contributed by atoms with Crippen LogP contribution >= 0.6 is 0 Å². The van der Waals surface area contributed by atoms with Gasteiger partial charge in [-0.1, -0.05) is 12.1 Å². The van der Waals surface area contributed by atoms with Gasteiger partial charge in [-0.2, -0.15) is 0 Å². The topological polar surface area (TPSA) is 52.6 Å². The number of hydrogen-bond acceptors (Lipinski definition) is 3. The molecule has 102 valence electrons. The van der Waals surface area contributed by atoms with Crippen molar-refractivity contribution in [3.05, 3.63) is 34.9 Å². The highest BCUT2D eigenvalue weighted by Gasteiger charge is 2.33. The number of hydrogen-bond donors (Lipinski definition) is 2. The number of amides is 1. The third-order valence-corrected chi connectivity index (χ3v) is 3.96. The molecule has 0 bridgehead atoms. The molecule has 3 rings (SSSR count). The Morgan fingerprint density at radius 1 is 1.42 bits per heavy atom. The number of nitrogens with zero attached hydrogens (tertiary/aromatic N) is 1. The molecule has 1 aliphatic carbocycles. The van der Waals surface area contributed by atoms with Crippen LogP contribution in [0.1, 0.15) is 34.3 Å². The van der Waals surface area contributed by atoms with E-state index in [9.17, 15) is 4.79 Å². The number of carbonyl (C=O) groups excluding carboxylic acids is 1. The molecule has 1 amide bonds. The molecule has 19 heavy (non-hydrogen) atoms. The summed E-state index contributed by atoms with van der Waals surface area (Å²) in [5.74, 6) is 0.0929. The van der Waals surface area contributed by atoms with Gasteiger partial charge in [0.2, 0.25) is 0 Å². The second kappa shape index (κ2) is 5.31. The number of fused-ring (bicyclic) bond motifs is 1. The minimum absolute atomic E-state index is 0.0405. The van der Waals surface area contributed by atoms with Gasteiger partial charge in [-0.3, -0.25) is 4.79 Å². The van der Waals surface area contributed by atoms with Gasteiger partial charge in [0.1, 0.15) is 0 Å². The van der Waals surface area contributed by atoms with Gasteiger partial charge in [-0.05, 0) is 43.0 Å². The fraction of sp³-hybridized carbons (Fsp3) is 0.533. The van der Waals surface area contributed by atoms with Gasteiger partial charge < -0.3 is 15.3 Å². The highest BCUT2D eigenvalue weighted by atomic mass is 16.3. The van der Waals surface area contributed by atoms with Crippen LogP contribution in [0.3, 0.4) is 0 Å². The van der Waals surface area contributed by atoms with Crippen molar-refractivity contribution in [3.8, 4) is 0 Å². The van der Waals surface area contributed by atoms with E-state index in [1.165, 1.54) is 11.1 Å². The van der Waals surface area contributed by atoms with Crippen LogP contribution in [0, 0.1) is 0 Å². The Morgan fingerprint density at radius 2 is 2.26 bits per heavy atom. The van der Waals surface area contributed by atoms with Crippen molar-refractivity contribution in [2.24, 2.45) is 0 Å². The third kappa shape index (κ3) is 2.51. The largest absolute Gasteiger partial charge is 0.395 e. The Morgan fingerprint density at radius 3 is 3.00 bits per heavy atom. The summed E-state index contributed by atoms with van der Waals surface area (Å²) in [7, 11) is 0. The van der Waals surface area contributed by atoms with Crippen molar-refractivity contribution in [1.29, 1.82) is 0 Å². The lowest BCUT2D eigenvalue weighted by atomic mass is 9.94. The molecule has 0 unspecified atom stereocenters. The minimum atomic E-state index is 0.0405. The molecule has 0 aromatic heterocycles. The zero-order valence-corrected chi connectivity index (χ0v) is 11.1. The maximum absolute atomic E-state index is 12.7. The van der Waals surface area contributed by atoms with Gasteiger partial charge in [-0.25, -0.2) is 0 Å². The van der Waals surface area contributed by atoms with E-state index in [-0.39, 0.29) is 12.5 Å². The Bertz CT molecular complexity index is 483. The van der Waals surface area contributed by atoms with Crippen molar-refractivity contribution in [2.45, 2.75) is 31.8 Å². The van der Waals surface area contributed by atoms with Crippen LogP contribution in [-0.4, -0.2) is 41.7 Å². The van der Waals surface area contributed by atoms with Crippen molar-refractivity contribution in [2.75, 3.05) is 19.7 Å². The first kappa shape index (κ1) is 12.6. The molecule has 1 saturated carbocycles. The fourth-order valence-electron chi connectivity index (χ4n) is 2.83. The van der Waals surface area contributed by atoms with Crippen LogP contribution in [0.25, 0.3) is 0 Å². The fourth-order valence-corrected chi connectivity index (χ4v) is 2.83. The molecule has 1 heterocycles. The SMILES string of the molecule is O=C(c1cccc2c1CCNC2)N(CCO)C1CC1. The van der Waals surface area contributed by atoms with Crippen molar-refractivity contribution in [1.82, 2.24) is 10.2 Å². The lowest BCUT2D eigenvalue weighted by Crippen LogP contribution is -2.37. The molecule has 0 spiro atoms. The van der Waals surface area contributed by atoms with Gasteiger partial charge in [0, 0.05) is 24.7 Å². The van der Waals surface area contributed by atoms with Crippen LogP contribution in [0.5, 0.6) is 0 Å². The minimum Gasteiger partial charge on any atom is -0.395 e. The standard InChI is InChI=1S/C15H20N2O2/c18-9-8-17(12-4-5-12)15(19)14-3-1-2-11-10-16-7-6-13(11)14/h1-3,12,16,18H,4-10H2. The number of aliphatic hydroxyl groups excluding tert-OH is 1. The van der Waals surface area contributed by atoms with Crippen LogP contribution in [-0.2, 0) is 13.0 Å². The molecule has 1 aromatic rings.